The largest absolute Gasteiger partial charge is 0.497 e. The lowest BCUT2D eigenvalue weighted by atomic mass is 10.0. The Balaban J connectivity index is 2.56. The molecule has 1 heterocycles. The summed E-state index contributed by atoms with van der Waals surface area (Å²) in [7, 11) is 1.53. The molecule has 0 aliphatic rings. The van der Waals surface area contributed by atoms with Gasteiger partial charge in [0.05, 0.1) is 13.7 Å². The van der Waals surface area contributed by atoms with Crippen molar-refractivity contribution in [1.29, 1.82) is 0 Å². The molecule has 2 rings (SSSR count). The zero-order chi connectivity index (χ0) is 14.7. The number of aliphatic hydroxyl groups excluding tert-OH is 1. The van der Waals surface area contributed by atoms with Crippen LogP contribution in [0.15, 0.2) is 39.6 Å². The first kappa shape index (κ1) is 14.3. The maximum Gasteiger partial charge on any atom is 0.339 e. The van der Waals surface area contributed by atoms with Crippen LogP contribution in [0.4, 0.5) is 0 Å². The van der Waals surface area contributed by atoms with Crippen LogP contribution in [0.5, 0.6) is 5.75 Å². The van der Waals surface area contributed by atoms with Crippen LogP contribution in [0.25, 0.3) is 11.0 Å². The monoisotopic (exact) mass is 274 g/mol. The average molecular weight is 274 g/mol. The molecule has 20 heavy (non-hydrogen) atoms. The number of rotatable bonds is 5. The molecule has 0 saturated carbocycles. The minimum Gasteiger partial charge on any atom is -0.497 e. The summed E-state index contributed by atoms with van der Waals surface area (Å²) >= 11 is 0. The first-order valence-electron chi connectivity index (χ1n) is 6.44. The SMILES string of the molecule is C=C(C)CCc1cc2c(CO)cc(OC)cc2oc1=O. The fourth-order valence-electron chi connectivity index (χ4n) is 2.07. The second-order valence-corrected chi connectivity index (χ2v) is 4.87. The lowest BCUT2D eigenvalue weighted by molar-refractivity contribution is 0.282. The Labute approximate surface area is 117 Å². The lowest BCUT2D eigenvalue weighted by Gasteiger charge is -2.08. The Morgan fingerprint density at radius 3 is 2.70 bits per heavy atom. The van der Waals surface area contributed by atoms with Gasteiger partial charge in [0, 0.05) is 17.0 Å². The highest BCUT2D eigenvalue weighted by Gasteiger charge is 2.10. The summed E-state index contributed by atoms with van der Waals surface area (Å²) in [5, 5.41) is 10.2. The molecule has 1 aromatic carbocycles. The third-order valence-corrected chi connectivity index (χ3v) is 3.21. The molecule has 2 aromatic rings. The van der Waals surface area contributed by atoms with Gasteiger partial charge >= 0.3 is 5.63 Å². The summed E-state index contributed by atoms with van der Waals surface area (Å²) in [6.45, 7) is 5.62. The number of fused-ring (bicyclic) bond motifs is 1. The Kier molecular flexibility index (Phi) is 4.25. The minimum atomic E-state index is -0.351. The van der Waals surface area contributed by atoms with Crippen LogP contribution in [0.2, 0.25) is 0 Å². The number of hydrogen-bond donors (Lipinski definition) is 1. The van der Waals surface area contributed by atoms with Crippen molar-refractivity contribution in [3.05, 3.63) is 51.9 Å². The van der Waals surface area contributed by atoms with E-state index >= 15 is 0 Å². The molecule has 1 aromatic heterocycles. The smallest absolute Gasteiger partial charge is 0.339 e. The molecule has 0 aliphatic heterocycles. The van der Waals surface area contributed by atoms with Gasteiger partial charge in [-0.3, -0.25) is 0 Å². The standard InChI is InChI=1S/C16H18O4/c1-10(2)4-5-11-7-14-12(9-17)6-13(19-3)8-15(14)20-16(11)18/h6-8,17H,1,4-5,9H2,2-3H3. The molecule has 0 aliphatic carbocycles. The third-order valence-electron chi connectivity index (χ3n) is 3.21. The summed E-state index contributed by atoms with van der Waals surface area (Å²) in [5.41, 5.74) is 2.37. The summed E-state index contributed by atoms with van der Waals surface area (Å²) in [6.07, 6.45) is 1.32. The van der Waals surface area contributed by atoms with E-state index < -0.39 is 0 Å². The van der Waals surface area contributed by atoms with E-state index in [0.29, 0.717) is 28.9 Å². The van der Waals surface area contributed by atoms with Gasteiger partial charge in [0.1, 0.15) is 11.3 Å². The quantitative estimate of drug-likeness (QED) is 0.672. The number of aliphatic hydroxyl groups is 1. The highest BCUT2D eigenvalue weighted by atomic mass is 16.5. The second-order valence-electron chi connectivity index (χ2n) is 4.87. The van der Waals surface area contributed by atoms with E-state index in [1.54, 1.807) is 18.2 Å². The molecule has 0 fully saturated rings. The van der Waals surface area contributed by atoms with Gasteiger partial charge in [-0.25, -0.2) is 4.79 Å². The number of benzene rings is 1. The van der Waals surface area contributed by atoms with E-state index in [-0.39, 0.29) is 12.2 Å². The van der Waals surface area contributed by atoms with Gasteiger partial charge in [0.15, 0.2) is 0 Å². The molecule has 4 nitrogen and oxygen atoms in total. The fraction of sp³-hybridized carbons (Fsp3) is 0.312. The van der Waals surface area contributed by atoms with Crippen LogP contribution in [-0.4, -0.2) is 12.2 Å². The van der Waals surface area contributed by atoms with Crippen molar-refractivity contribution < 1.29 is 14.3 Å². The predicted octanol–water partition coefficient (Wildman–Crippen LogP) is 2.80. The van der Waals surface area contributed by atoms with Gasteiger partial charge < -0.3 is 14.3 Å². The maximum absolute atomic E-state index is 11.9. The number of aryl methyl sites for hydroxylation is 1. The van der Waals surface area contributed by atoms with Gasteiger partial charge in [-0.1, -0.05) is 5.57 Å². The van der Waals surface area contributed by atoms with Crippen molar-refractivity contribution in [2.75, 3.05) is 7.11 Å². The summed E-state index contributed by atoms with van der Waals surface area (Å²) in [6, 6.07) is 5.18. The molecule has 0 spiro atoms. The highest BCUT2D eigenvalue weighted by molar-refractivity contribution is 5.82. The van der Waals surface area contributed by atoms with E-state index in [2.05, 4.69) is 6.58 Å². The molecule has 0 amide bonds. The summed E-state index contributed by atoms with van der Waals surface area (Å²) in [5.74, 6) is 0.555. The van der Waals surface area contributed by atoms with Crippen molar-refractivity contribution >= 4 is 11.0 Å². The van der Waals surface area contributed by atoms with Crippen LogP contribution in [-0.2, 0) is 13.0 Å². The van der Waals surface area contributed by atoms with Crippen molar-refractivity contribution in [2.45, 2.75) is 26.4 Å². The molecule has 106 valence electrons. The molecule has 0 unspecified atom stereocenters. The van der Waals surface area contributed by atoms with Crippen molar-refractivity contribution in [1.82, 2.24) is 0 Å². The van der Waals surface area contributed by atoms with Gasteiger partial charge in [0.25, 0.3) is 0 Å². The highest BCUT2D eigenvalue weighted by Crippen LogP contribution is 2.25. The number of methoxy groups -OCH3 is 1. The van der Waals surface area contributed by atoms with Gasteiger partial charge in [-0.05, 0) is 37.5 Å². The summed E-state index contributed by atoms with van der Waals surface area (Å²) < 4.78 is 10.5. The van der Waals surface area contributed by atoms with Gasteiger partial charge in [-0.15, -0.1) is 6.58 Å². The van der Waals surface area contributed by atoms with Gasteiger partial charge in [0.2, 0.25) is 0 Å². The number of allylic oxidation sites excluding steroid dienone is 1. The zero-order valence-corrected chi connectivity index (χ0v) is 11.7. The molecule has 0 atom stereocenters. The van der Waals surface area contributed by atoms with E-state index in [4.69, 9.17) is 9.15 Å². The molecule has 0 radical (unpaired) electrons. The Morgan fingerprint density at radius 1 is 1.35 bits per heavy atom. The van der Waals surface area contributed by atoms with E-state index in [0.717, 1.165) is 17.4 Å². The van der Waals surface area contributed by atoms with E-state index in [1.165, 1.54) is 7.11 Å². The lowest BCUT2D eigenvalue weighted by Crippen LogP contribution is -2.08. The maximum atomic E-state index is 11.9. The van der Waals surface area contributed by atoms with E-state index in [1.807, 2.05) is 6.92 Å². The minimum absolute atomic E-state index is 0.138. The van der Waals surface area contributed by atoms with Crippen LogP contribution >= 0.6 is 0 Å². The zero-order valence-electron chi connectivity index (χ0n) is 11.7. The van der Waals surface area contributed by atoms with Gasteiger partial charge in [-0.2, -0.15) is 0 Å². The Hall–Kier alpha value is -2.07. The number of hydrogen-bond acceptors (Lipinski definition) is 4. The second kappa shape index (κ2) is 5.92. The van der Waals surface area contributed by atoms with Crippen LogP contribution in [0.3, 0.4) is 0 Å². The number of ether oxygens (including phenoxy) is 1. The normalized spacial score (nSPS) is 10.8. The van der Waals surface area contributed by atoms with Crippen molar-refractivity contribution in [2.24, 2.45) is 0 Å². The molecular formula is C16H18O4. The van der Waals surface area contributed by atoms with Crippen molar-refractivity contribution in [3.63, 3.8) is 0 Å². The molecule has 1 N–H and O–H groups in total. The first-order chi connectivity index (χ1) is 9.55. The fourth-order valence-corrected chi connectivity index (χ4v) is 2.07. The van der Waals surface area contributed by atoms with Crippen LogP contribution < -0.4 is 10.4 Å². The topological polar surface area (TPSA) is 59.7 Å². The Morgan fingerprint density at radius 2 is 2.10 bits per heavy atom. The van der Waals surface area contributed by atoms with Crippen LogP contribution in [0, 0.1) is 0 Å². The summed E-state index contributed by atoms with van der Waals surface area (Å²) in [4.78, 5) is 11.9. The van der Waals surface area contributed by atoms with Crippen molar-refractivity contribution in [3.8, 4) is 5.75 Å². The molecule has 0 saturated heterocycles. The third kappa shape index (κ3) is 2.91. The molecule has 4 heteroatoms. The van der Waals surface area contributed by atoms with E-state index in [9.17, 15) is 9.90 Å². The molecule has 0 bridgehead atoms. The molecular weight excluding hydrogens is 256 g/mol. The average Bonchev–Trinajstić information content (AvgIpc) is 2.43. The predicted molar refractivity (Wildman–Crippen MR) is 78.1 cm³/mol. The van der Waals surface area contributed by atoms with Crippen LogP contribution in [0.1, 0.15) is 24.5 Å². The first-order valence-corrected chi connectivity index (χ1v) is 6.44. The Bertz CT molecular complexity index is 697.